The minimum atomic E-state index is -1.66. The number of ether oxygens (including phenoxy) is 1. The molecular formula is C28H29N3O4. The molecule has 1 aliphatic carbocycles. The van der Waals surface area contributed by atoms with Crippen LogP contribution in [-0.4, -0.2) is 31.8 Å². The molecule has 0 bridgehead atoms. The number of allylic oxidation sites excluding steroid dienone is 1. The van der Waals surface area contributed by atoms with Crippen LogP contribution in [0.3, 0.4) is 0 Å². The summed E-state index contributed by atoms with van der Waals surface area (Å²) < 4.78 is 5.20. The van der Waals surface area contributed by atoms with Gasteiger partial charge in [-0.05, 0) is 37.0 Å². The van der Waals surface area contributed by atoms with Crippen molar-refractivity contribution in [1.29, 1.82) is 0 Å². The highest BCUT2D eigenvalue weighted by molar-refractivity contribution is 6.24. The zero-order chi connectivity index (χ0) is 25.3. The second kappa shape index (κ2) is 7.57. The molecule has 7 heteroatoms. The van der Waals surface area contributed by atoms with Gasteiger partial charge in [-0.2, -0.15) is 0 Å². The Balaban J connectivity index is 1.94. The highest BCUT2D eigenvalue weighted by Gasteiger charge is 2.64. The number of hydrogen-bond acceptors (Lipinski definition) is 6. The first-order valence-corrected chi connectivity index (χ1v) is 11.6. The number of para-hydroxylation sites is 1. The summed E-state index contributed by atoms with van der Waals surface area (Å²) in [5.41, 5.74) is 8.74. The van der Waals surface area contributed by atoms with Crippen LogP contribution in [0.4, 0.5) is 11.4 Å². The fourth-order valence-corrected chi connectivity index (χ4v) is 5.87. The number of hydrogen-bond donors (Lipinski definition) is 1. The number of methoxy groups -OCH3 is 1. The van der Waals surface area contributed by atoms with E-state index in [-0.39, 0.29) is 34.9 Å². The molecule has 7 nitrogen and oxygen atoms in total. The maximum absolute atomic E-state index is 14.2. The fraction of sp³-hybridized carbons (Fsp3) is 0.321. The van der Waals surface area contributed by atoms with Gasteiger partial charge in [-0.25, -0.2) is 4.79 Å². The fourth-order valence-electron chi connectivity index (χ4n) is 5.87. The van der Waals surface area contributed by atoms with Crippen LogP contribution in [0.15, 0.2) is 71.2 Å². The number of fused-ring (bicyclic) bond motifs is 3. The van der Waals surface area contributed by atoms with Crippen LogP contribution >= 0.6 is 0 Å². The number of nitrogens with two attached hydrogens (primary N) is 1. The average molecular weight is 472 g/mol. The highest BCUT2D eigenvalue weighted by Crippen LogP contribution is 2.58. The predicted octanol–water partition coefficient (Wildman–Crippen LogP) is 3.72. The molecular weight excluding hydrogens is 442 g/mol. The number of rotatable bonds is 2. The largest absolute Gasteiger partial charge is 0.466 e. The van der Waals surface area contributed by atoms with E-state index in [1.165, 1.54) is 12.0 Å². The Morgan fingerprint density at radius 2 is 1.69 bits per heavy atom. The summed E-state index contributed by atoms with van der Waals surface area (Å²) >= 11 is 0. The van der Waals surface area contributed by atoms with Crippen LogP contribution in [-0.2, 0) is 24.5 Å². The molecule has 0 saturated heterocycles. The van der Waals surface area contributed by atoms with Gasteiger partial charge in [-0.1, -0.05) is 49.7 Å². The van der Waals surface area contributed by atoms with Crippen molar-refractivity contribution in [2.24, 2.45) is 11.1 Å². The van der Waals surface area contributed by atoms with Crippen molar-refractivity contribution in [3.05, 3.63) is 82.3 Å². The minimum absolute atomic E-state index is 0.0193. The number of carbonyl (C=O) groups excluding carboxylic acids is 3. The van der Waals surface area contributed by atoms with Crippen molar-refractivity contribution in [3.8, 4) is 0 Å². The zero-order valence-corrected chi connectivity index (χ0v) is 20.6. The standard InChI is InChI=1S/C28H29N3O4/c1-16-10-12-17(13-11-16)31-20-14-27(2,3)15-21(32)22(20)28(23(24(31)29)25(33)35-5)18-8-6-7-9-19(18)30(4)26(28)34/h6-13H,14-15,29H2,1-5H3. The Kier molecular flexibility index (Phi) is 4.95. The van der Waals surface area contributed by atoms with Gasteiger partial charge >= 0.3 is 5.97 Å². The van der Waals surface area contributed by atoms with Gasteiger partial charge in [-0.3, -0.25) is 14.5 Å². The molecule has 3 aliphatic rings. The van der Waals surface area contributed by atoms with Gasteiger partial charge in [0, 0.05) is 41.7 Å². The Morgan fingerprint density at radius 1 is 1.03 bits per heavy atom. The summed E-state index contributed by atoms with van der Waals surface area (Å²) in [6, 6.07) is 15.0. The van der Waals surface area contributed by atoms with Gasteiger partial charge in [0.05, 0.1) is 7.11 Å². The number of Topliss-reactive ketones (excluding diaryl/α,β-unsaturated/α-hetero) is 1. The molecule has 1 amide bonds. The number of ketones is 1. The van der Waals surface area contributed by atoms with E-state index >= 15 is 0 Å². The van der Waals surface area contributed by atoms with Crippen LogP contribution < -0.4 is 15.5 Å². The lowest BCUT2D eigenvalue weighted by atomic mass is 9.60. The van der Waals surface area contributed by atoms with E-state index in [2.05, 4.69) is 0 Å². The molecule has 2 N–H and O–H groups in total. The van der Waals surface area contributed by atoms with E-state index in [0.717, 1.165) is 11.3 Å². The quantitative estimate of drug-likeness (QED) is 0.671. The Labute approximate surface area is 204 Å². The van der Waals surface area contributed by atoms with Gasteiger partial charge in [0.15, 0.2) is 5.78 Å². The van der Waals surface area contributed by atoms with E-state index in [1.54, 1.807) is 18.0 Å². The monoisotopic (exact) mass is 471 g/mol. The lowest BCUT2D eigenvalue weighted by Gasteiger charge is -2.47. The highest BCUT2D eigenvalue weighted by atomic mass is 16.5. The van der Waals surface area contributed by atoms with Crippen LogP contribution in [0.2, 0.25) is 0 Å². The predicted molar refractivity (Wildman–Crippen MR) is 133 cm³/mol. The maximum Gasteiger partial charge on any atom is 0.339 e. The summed E-state index contributed by atoms with van der Waals surface area (Å²) in [4.78, 5) is 44.9. The molecule has 1 spiro atoms. The molecule has 2 aromatic rings. The first-order valence-electron chi connectivity index (χ1n) is 11.6. The molecule has 2 aromatic carbocycles. The van der Waals surface area contributed by atoms with E-state index < -0.39 is 11.4 Å². The Hall–Kier alpha value is -3.87. The molecule has 1 unspecified atom stereocenters. The molecule has 2 aliphatic heterocycles. The number of nitrogens with zero attached hydrogens (tertiary/aromatic N) is 2. The molecule has 0 saturated carbocycles. The van der Waals surface area contributed by atoms with Crippen LogP contribution in [0, 0.1) is 12.3 Å². The van der Waals surface area contributed by atoms with E-state index in [1.807, 2.05) is 63.2 Å². The number of likely N-dealkylation sites (N-methyl/N-ethyl adjacent to an activating group) is 1. The molecule has 35 heavy (non-hydrogen) atoms. The number of carbonyl (C=O) groups is 3. The lowest BCUT2D eigenvalue weighted by Crippen LogP contribution is -2.55. The number of anilines is 2. The number of aryl methyl sites for hydroxylation is 1. The van der Waals surface area contributed by atoms with Crippen molar-refractivity contribution in [2.45, 2.75) is 39.0 Å². The normalized spacial score (nSPS) is 23.1. The molecule has 0 radical (unpaired) electrons. The first kappa shape index (κ1) is 22.9. The van der Waals surface area contributed by atoms with Crippen LogP contribution in [0.5, 0.6) is 0 Å². The van der Waals surface area contributed by atoms with E-state index in [4.69, 9.17) is 10.5 Å². The average Bonchev–Trinajstić information content (AvgIpc) is 3.02. The Morgan fingerprint density at radius 3 is 2.34 bits per heavy atom. The summed E-state index contributed by atoms with van der Waals surface area (Å²) in [6.45, 7) is 6.04. The first-order chi connectivity index (χ1) is 16.5. The van der Waals surface area contributed by atoms with E-state index in [9.17, 15) is 14.4 Å². The number of amides is 1. The van der Waals surface area contributed by atoms with Gasteiger partial charge in [-0.15, -0.1) is 0 Å². The third-order valence-electron chi connectivity index (χ3n) is 7.35. The molecule has 180 valence electrons. The SMILES string of the molecule is COC(=O)C1=C(N)N(c2ccc(C)cc2)C2=C(C(=O)CC(C)(C)C2)C12C(=O)N(C)c1ccccc12. The van der Waals surface area contributed by atoms with Crippen molar-refractivity contribution < 1.29 is 19.1 Å². The van der Waals surface area contributed by atoms with Crippen molar-refractivity contribution in [3.63, 3.8) is 0 Å². The molecule has 2 heterocycles. The van der Waals surface area contributed by atoms with E-state index in [0.29, 0.717) is 28.9 Å². The third-order valence-corrected chi connectivity index (χ3v) is 7.35. The summed E-state index contributed by atoms with van der Waals surface area (Å²) in [5.74, 6) is -1.18. The van der Waals surface area contributed by atoms with Crippen LogP contribution in [0.25, 0.3) is 0 Å². The minimum Gasteiger partial charge on any atom is -0.466 e. The second-order valence-corrected chi connectivity index (χ2v) is 10.3. The van der Waals surface area contributed by atoms with Crippen LogP contribution in [0.1, 0.15) is 37.8 Å². The van der Waals surface area contributed by atoms with Gasteiger partial charge in [0.25, 0.3) is 0 Å². The van der Waals surface area contributed by atoms with Crippen molar-refractivity contribution >= 4 is 29.0 Å². The topological polar surface area (TPSA) is 92.9 Å². The van der Waals surface area contributed by atoms with Gasteiger partial charge in [0.2, 0.25) is 5.91 Å². The summed E-state index contributed by atoms with van der Waals surface area (Å²) in [7, 11) is 2.92. The number of benzene rings is 2. The maximum atomic E-state index is 14.2. The summed E-state index contributed by atoms with van der Waals surface area (Å²) in [5, 5.41) is 0. The molecule has 1 atom stereocenters. The van der Waals surface area contributed by atoms with Crippen molar-refractivity contribution in [1.82, 2.24) is 0 Å². The number of esters is 1. The molecule has 0 fully saturated rings. The zero-order valence-electron chi connectivity index (χ0n) is 20.6. The molecule has 5 rings (SSSR count). The van der Waals surface area contributed by atoms with Gasteiger partial charge < -0.3 is 15.4 Å². The van der Waals surface area contributed by atoms with Gasteiger partial charge in [0.1, 0.15) is 16.8 Å². The smallest absolute Gasteiger partial charge is 0.339 e. The van der Waals surface area contributed by atoms with Crippen molar-refractivity contribution in [2.75, 3.05) is 24.0 Å². The second-order valence-electron chi connectivity index (χ2n) is 10.3. The third kappa shape index (κ3) is 3.00. The summed E-state index contributed by atoms with van der Waals surface area (Å²) in [6.07, 6.45) is 0.765. The lowest BCUT2D eigenvalue weighted by molar-refractivity contribution is -0.138. The molecule has 0 aromatic heterocycles. The Bertz CT molecular complexity index is 1350.